The molecule has 4 aromatic rings. The number of hydrogen-bond acceptors (Lipinski definition) is 6. The van der Waals surface area contributed by atoms with Crippen LogP contribution in [0.5, 0.6) is 0 Å². The highest BCUT2D eigenvalue weighted by atomic mass is 35.5. The van der Waals surface area contributed by atoms with Crippen molar-refractivity contribution in [2.45, 2.75) is 38.8 Å². The van der Waals surface area contributed by atoms with E-state index in [1.165, 1.54) is 0 Å². The summed E-state index contributed by atoms with van der Waals surface area (Å²) >= 11 is 6.03. The number of hydrogen-bond donors (Lipinski definition) is 2. The number of nitrogens with zero attached hydrogens (tertiary/aromatic N) is 5. The number of aryl methyl sites for hydroxylation is 2. The van der Waals surface area contributed by atoms with Gasteiger partial charge in [-0.1, -0.05) is 24.2 Å². The molecule has 10 heteroatoms. The zero-order chi connectivity index (χ0) is 24.9. The van der Waals surface area contributed by atoms with Gasteiger partial charge >= 0.3 is 0 Å². The van der Waals surface area contributed by atoms with E-state index in [0.29, 0.717) is 28.0 Å². The van der Waals surface area contributed by atoms with Gasteiger partial charge in [0.25, 0.3) is 5.92 Å². The van der Waals surface area contributed by atoms with E-state index < -0.39 is 12.1 Å². The summed E-state index contributed by atoms with van der Waals surface area (Å²) in [4.78, 5) is 15.9. The molecule has 3 N–H and O–H groups in total. The lowest BCUT2D eigenvalue weighted by atomic mass is 10.0. The molecule has 0 spiro atoms. The van der Waals surface area contributed by atoms with E-state index in [1.54, 1.807) is 18.2 Å². The lowest BCUT2D eigenvalue weighted by molar-refractivity contribution is -0.0222. The van der Waals surface area contributed by atoms with Gasteiger partial charge in [0.1, 0.15) is 17.0 Å². The Balaban J connectivity index is 1.65. The van der Waals surface area contributed by atoms with Crippen molar-refractivity contribution in [3.05, 3.63) is 64.7 Å². The van der Waals surface area contributed by atoms with E-state index >= 15 is 0 Å². The van der Waals surface area contributed by atoms with E-state index in [1.807, 2.05) is 41.5 Å². The Morgan fingerprint density at radius 3 is 2.63 bits per heavy atom. The quantitative estimate of drug-likeness (QED) is 0.280. The molecule has 1 saturated heterocycles. The number of alkyl halides is 2. The minimum absolute atomic E-state index is 0.211. The normalized spacial score (nSPS) is 16.6. The molecule has 1 atom stereocenters. The molecule has 5 rings (SSSR count). The molecule has 0 bridgehead atoms. The third kappa shape index (κ3) is 4.41. The summed E-state index contributed by atoms with van der Waals surface area (Å²) in [6.07, 6.45) is 2.44. The minimum atomic E-state index is -2.65. The first-order valence-electron chi connectivity index (χ1n) is 11.4. The summed E-state index contributed by atoms with van der Waals surface area (Å²) in [6.45, 7) is 8.12. The maximum atomic E-state index is 13.9. The van der Waals surface area contributed by atoms with Crippen molar-refractivity contribution in [3.8, 4) is 0 Å². The zero-order valence-electron chi connectivity index (χ0n) is 19.5. The Labute approximate surface area is 206 Å². The third-order valence-electron chi connectivity index (χ3n) is 6.29. The van der Waals surface area contributed by atoms with Crippen molar-refractivity contribution in [1.82, 2.24) is 19.4 Å². The van der Waals surface area contributed by atoms with Crippen LogP contribution in [0.4, 0.5) is 20.4 Å². The molecule has 7 nitrogen and oxygen atoms in total. The first-order valence-corrected chi connectivity index (χ1v) is 11.8. The van der Waals surface area contributed by atoms with Gasteiger partial charge in [-0.05, 0) is 43.7 Å². The van der Waals surface area contributed by atoms with E-state index in [0.717, 1.165) is 27.9 Å². The molecule has 1 aliphatic heterocycles. The molecule has 1 aliphatic rings. The molecule has 4 heterocycles. The van der Waals surface area contributed by atoms with Crippen LogP contribution in [-0.2, 0) is 0 Å². The van der Waals surface area contributed by atoms with E-state index in [2.05, 4.69) is 16.9 Å². The number of aromatic nitrogens is 4. The molecule has 0 saturated carbocycles. The molecular formula is C25H26ClF2N7. The van der Waals surface area contributed by atoms with Gasteiger partial charge in [0.2, 0.25) is 5.95 Å². The van der Waals surface area contributed by atoms with Gasteiger partial charge in [-0.25, -0.2) is 23.7 Å². The molecule has 1 aromatic carbocycles. The first kappa shape index (κ1) is 23.4. The summed E-state index contributed by atoms with van der Waals surface area (Å²) in [5.74, 6) is -2.07. The predicted molar refractivity (Wildman–Crippen MR) is 136 cm³/mol. The van der Waals surface area contributed by atoms with Crippen LogP contribution >= 0.6 is 11.6 Å². The second-order valence-electron chi connectivity index (χ2n) is 8.97. The van der Waals surface area contributed by atoms with Crippen molar-refractivity contribution >= 4 is 45.9 Å². The fraction of sp³-hybridized carbons (Fsp3) is 0.320. The first-order chi connectivity index (χ1) is 16.6. The lowest BCUT2D eigenvalue weighted by Gasteiger charge is -2.33. The minimum Gasteiger partial charge on any atom is -0.364 e. The van der Waals surface area contributed by atoms with Gasteiger partial charge in [-0.15, -0.1) is 0 Å². The van der Waals surface area contributed by atoms with Crippen LogP contribution in [0.25, 0.3) is 22.6 Å². The Bertz CT molecular complexity index is 1440. The maximum Gasteiger partial charge on any atom is 0.251 e. The second-order valence-corrected chi connectivity index (χ2v) is 9.36. The average molecular weight is 498 g/mol. The molecule has 35 heavy (non-hydrogen) atoms. The number of rotatable bonds is 5. The van der Waals surface area contributed by atoms with Crippen LogP contribution in [-0.4, -0.2) is 38.4 Å². The summed E-state index contributed by atoms with van der Waals surface area (Å²) < 4.78 is 29.6. The number of anilines is 2. The average Bonchev–Trinajstić information content (AvgIpc) is 3.21. The highest BCUT2D eigenvalue weighted by molar-refractivity contribution is 6.29. The lowest BCUT2D eigenvalue weighted by Crippen LogP contribution is -2.40. The van der Waals surface area contributed by atoms with Crippen LogP contribution in [0.15, 0.2) is 37.0 Å². The fourth-order valence-electron chi connectivity index (χ4n) is 4.56. The van der Waals surface area contributed by atoms with Gasteiger partial charge in [0.15, 0.2) is 0 Å². The summed E-state index contributed by atoms with van der Waals surface area (Å²) in [5.41, 5.74) is 11.9. The molecule has 1 fully saturated rings. The Morgan fingerprint density at radius 2 is 1.91 bits per heavy atom. The van der Waals surface area contributed by atoms with Crippen LogP contribution in [0, 0.1) is 13.8 Å². The Morgan fingerprint density at radius 1 is 1.17 bits per heavy atom. The monoisotopic (exact) mass is 497 g/mol. The van der Waals surface area contributed by atoms with Crippen LogP contribution < -0.4 is 16.0 Å². The molecule has 182 valence electrons. The zero-order valence-corrected chi connectivity index (χ0v) is 20.3. The van der Waals surface area contributed by atoms with Gasteiger partial charge in [0, 0.05) is 43.1 Å². The number of nitrogens with two attached hydrogens (primary N) is 1. The molecular weight excluding hydrogens is 472 g/mol. The highest BCUT2D eigenvalue weighted by Crippen LogP contribution is 2.34. The number of pyridine rings is 1. The number of imidazole rings is 1. The van der Waals surface area contributed by atoms with Crippen molar-refractivity contribution in [2.24, 2.45) is 5.73 Å². The summed E-state index contributed by atoms with van der Waals surface area (Å²) in [5, 5.41) is 4.49. The summed E-state index contributed by atoms with van der Waals surface area (Å²) in [6, 6.07) is 7.47. The van der Waals surface area contributed by atoms with Crippen LogP contribution in [0.1, 0.15) is 41.5 Å². The molecule has 1 unspecified atom stereocenters. The molecule has 0 radical (unpaired) electrons. The van der Waals surface area contributed by atoms with Crippen molar-refractivity contribution < 1.29 is 8.78 Å². The SMILES string of the molecule is C=Cc1nc(Cl)ccc1NC(N)c1cc(C)cc2c1nc(N1CCC(F)(F)CC1)n1cc(C)nc21. The largest absolute Gasteiger partial charge is 0.364 e. The van der Waals surface area contributed by atoms with E-state index in [4.69, 9.17) is 27.3 Å². The van der Waals surface area contributed by atoms with Gasteiger partial charge < -0.3 is 16.0 Å². The van der Waals surface area contributed by atoms with E-state index in [9.17, 15) is 8.78 Å². The van der Waals surface area contributed by atoms with Crippen molar-refractivity contribution in [3.63, 3.8) is 0 Å². The van der Waals surface area contributed by atoms with Crippen LogP contribution in [0.3, 0.4) is 0 Å². The summed E-state index contributed by atoms with van der Waals surface area (Å²) in [7, 11) is 0. The van der Waals surface area contributed by atoms with E-state index in [-0.39, 0.29) is 25.9 Å². The number of benzene rings is 1. The number of nitrogens with one attached hydrogen (secondary N) is 1. The number of piperidine rings is 1. The Hall–Kier alpha value is -3.30. The van der Waals surface area contributed by atoms with Crippen LogP contribution in [0.2, 0.25) is 5.15 Å². The van der Waals surface area contributed by atoms with Crippen molar-refractivity contribution in [1.29, 1.82) is 0 Å². The van der Waals surface area contributed by atoms with Gasteiger partial charge in [-0.3, -0.25) is 4.40 Å². The van der Waals surface area contributed by atoms with Gasteiger partial charge in [-0.2, -0.15) is 0 Å². The standard InChI is InChI=1S/C25H26ClF2N7/c1-4-18-19(5-6-20(26)31-18)32-22(29)16-11-14(2)12-17-21(16)33-24(35-13-15(3)30-23(17)35)34-9-7-25(27,28)8-10-34/h4-6,11-13,22,32H,1,7-10,29H2,2-3H3. The second kappa shape index (κ2) is 8.73. The highest BCUT2D eigenvalue weighted by Gasteiger charge is 2.35. The molecule has 0 amide bonds. The molecule has 3 aromatic heterocycles. The molecule has 0 aliphatic carbocycles. The van der Waals surface area contributed by atoms with Crippen molar-refractivity contribution in [2.75, 3.05) is 23.3 Å². The topological polar surface area (TPSA) is 84.4 Å². The predicted octanol–water partition coefficient (Wildman–Crippen LogP) is 5.50. The Kier molecular flexibility index (Phi) is 5.85. The maximum absolute atomic E-state index is 13.9. The smallest absolute Gasteiger partial charge is 0.251 e. The number of fused-ring (bicyclic) bond motifs is 3. The number of halogens is 3. The fourth-order valence-corrected chi connectivity index (χ4v) is 4.72. The van der Waals surface area contributed by atoms with Gasteiger partial charge in [0.05, 0.1) is 22.6 Å². The third-order valence-corrected chi connectivity index (χ3v) is 6.50.